The molecular weight excluding hydrogens is 210 g/mol. The third-order valence-electron chi connectivity index (χ3n) is 3.21. The van der Waals surface area contributed by atoms with Gasteiger partial charge in [-0.05, 0) is 31.2 Å². The lowest BCUT2D eigenvalue weighted by Crippen LogP contribution is -1.82. The highest BCUT2D eigenvalue weighted by Crippen LogP contribution is 2.26. The molecule has 1 aromatic carbocycles. The normalized spacial score (nSPS) is 11.8. The first kappa shape index (κ1) is 8.82. The van der Waals surface area contributed by atoms with Gasteiger partial charge in [0.1, 0.15) is 16.8 Å². The van der Waals surface area contributed by atoms with E-state index in [1.54, 1.807) is 0 Å². The van der Waals surface area contributed by atoms with E-state index in [-0.39, 0.29) is 0 Å². The predicted octanol–water partition coefficient (Wildman–Crippen LogP) is 3.28. The topological polar surface area (TPSA) is 33.1 Å². The van der Waals surface area contributed by atoms with Crippen LogP contribution in [0.2, 0.25) is 0 Å². The van der Waals surface area contributed by atoms with Gasteiger partial charge in [0.2, 0.25) is 0 Å². The zero-order valence-corrected chi connectivity index (χ0v) is 9.44. The van der Waals surface area contributed by atoms with E-state index in [1.165, 1.54) is 10.9 Å². The number of aromatic amines is 1. The Morgan fingerprint density at radius 1 is 1.18 bits per heavy atom. The molecule has 0 spiro atoms. The second-order valence-electron chi connectivity index (χ2n) is 4.41. The Bertz CT molecular complexity index is 852. The third-order valence-corrected chi connectivity index (χ3v) is 3.21. The summed E-state index contributed by atoms with van der Waals surface area (Å²) >= 11 is 0. The number of aryl methyl sites for hydroxylation is 1. The van der Waals surface area contributed by atoms with E-state index in [0.29, 0.717) is 0 Å². The van der Waals surface area contributed by atoms with Crippen LogP contribution in [0.5, 0.6) is 0 Å². The number of nitrogens with one attached hydrogen (secondary N) is 1. The average molecular weight is 221 g/mol. The Labute approximate surface area is 97.7 Å². The molecule has 0 fully saturated rings. The van der Waals surface area contributed by atoms with E-state index in [0.717, 1.165) is 22.3 Å². The number of imidazole rings is 1. The molecule has 0 bridgehead atoms. The van der Waals surface area contributed by atoms with E-state index in [1.807, 2.05) is 24.4 Å². The van der Waals surface area contributed by atoms with Gasteiger partial charge in [-0.1, -0.05) is 17.7 Å². The first-order valence-electron chi connectivity index (χ1n) is 5.68. The molecule has 0 saturated carbocycles. The van der Waals surface area contributed by atoms with Gasteiger partial charge in [-0.25, -0.2) is 4.98 Å². The van der Waals surface area contributed by atoms with E-state index in [2.05, 4.69) is 39.5 Å². The summed E-state index contributed by atoms with van der Waals surface area (Å²) in [6, 6.07) is 12.5. The molecule has 0 aliphatic heterocycles. The van der Waals surface area contributed by atoms with E-state index < -0.39 is 0 Å². The summed E-state index contributed by atoms with van der Waals surface area (Å²) in [5.74, 6) is 0. The number of pyridine rings is 1. The number of nitrogens with zero attached hydrogens (tertiary/aromatic N) is 2. The van der Waals surface area contributed by atoms with Crippen LogP contribution in [0.25, 0.3) is 27.7 Å². The van der Waals surface area contributed by atoms with E-state index in [9.17, 15) is 0 Å². The Morgan fingerprint density at radius 3 is 3.06 bits per heavy atom. The Balaban J connectivity index is 2.30. The molecule has 0 unspecified atom stereocenters. The van der Waals surface area contributed by atoms with Crippen LogP contribution in [0.1, 0.15) is 5.56 Å². The standard InChI is InChI=1S/C14H11N3/c1-9-5-6-11-10(8-9)13-14(15-11)17-7-3-2-4-12(17)16-13/h2-8,15H,1H3. The molecular formula is C14H11N3. The summed E-state index contributed by atoms with van der Waals surface area (Å²) in [5.41, 5.74) is 5.51. The molecule has 3 aromatic heterocycles. The van der Waals surface area contributed by atoms with Gasteiger partial charge in [0.05, 0.1) is 0 Å². The number of rotatable bonds is 0. The molecule has 0 atom stereocenters. The number of aromatic nitrogens is 3. The van der Waals surface area contributed by atoms with Gasteiger partial charge >= 0.3 is 0 Å². The molecule has 3 nitrogen and oxygen atoms in total. The van der Waals surface area contributed by atoms with Gasteiger partial charge in [-0.2, -0.15) is 0 Å². The maximum absolute atomic E-state index is 4.68. The van der Waals surface area contributed by atoms with Gasteiger partial charge in [0.25, 0.3) is 0 Å². The monoisotopic (exact) mass is 221 g/mol. The fraction of sp³-hybridized carbons (Fsp3) is 0.0714. The van der Waals surface area contributed by atoms with Gasteiger partial charge in [-0.3, -0.25) is 4.40 Å². The Hall–Kier alpha value is -2.29. The summed E-state index contributed by atoms with van der Waals surface area (Å²) in [6.07, 6.45) is 2.03. The lowest BCUT2D eigenvalue weighted by atomic mass is 10.2. The highest BCUT2D eigenvalue weighted by molar-refractivity contribution is 6.05. The quantitative estimate of drug-likeness (QED) is 0.485. The van der Waals surface area contributed by atoms with Crippen molar-refractivity contribution in [3.05, 3.63) is 48.2 Å². The molecule has 0 saturated heterocycles. The summed E-state index contributed by atoms with van der Waals surface area (Å²) < 4.78 is 2.09. The number of H-pyrrole nitrogens is 1. The zero-order chi connectivity index (χ0) is 11.4. The minimum Gasteiger partial charge on any atom is -0.339 e. The smallest absolute Gasteiger partial charge is 0.143 e. The number of benzene rings is 1. The number of fused-ring (bicyclic) bond motifs is 5. The molecule has 0 aliphatic carbocycles. The van der Waals surface area contributed by atoms with Gasteiger partial charge in [0.15, 0.2) is 0 Å². The van der Waals surface area contributed by atoms with Crippen molar-refractivity contribution in [2.75, 3.05) is 0 Å². The molecule has 3 heterocycles. The molecule has 4 aromatic rings. The van der Waals surface area contributed by atoms with Crippen molar-refractivity contribution in [3.63, 3.8) is 0 Å². The van der Waals surface area contributed by atoms with Crippen molar-refractivity contribution in [1.29, 1.82) is 0 Å². The summed E-state index contributed by atoms with van der Waals surface area (Å²) in [5, 5.41) is 1.20. The summed E-state index contributed by atoms with van der Waals surface area (Å²) in [7, 11) is 0. The molecule has 0 aliphatic rings. The maximum atomic E-state index is 4.68. The lowest BCUT2D eigenvalue weighted by Gasteiger charge is -1.93. The second kappa shape index (κ2) is 2.88. The highest BCUT2D eigenvalue weighted by Gasteiger charge is 2.10. The Kier molecular flexibility index (Phi) is 1.50. The van der Waals surface area contributed by atoms with Crippen molar-refractivity contribution < 1.29 is 0 Å². The first-order valence-corrected chi connectivity index (χ1v) is 5.68. The molecule has 0 radical (unpaired) electrons. The van der Waals surface area contributed by atoms with Crippen LogP contribution in [-0.4, -0.2) is 14.4 Å². The van der Waals surface area contributed by atoms with Crippen LogP contribution in [0.15, 0.2) is 42.6 Å². The van der Waals surface area contributed by atoms with Crippen LogP contribution in [0.4, 0.5) is 0 Å². The van der Waals surface area contributed by atoms with Gasteiger partial charge in [0, 0.05) is 17.1 Å². The SMILES string of the molecule is Cc1ccc2[nH]c3c(nc4ccccn43)c2c1. The first-order chi connectivity index (χ1) is 8.33. The van der Waals surface area contributed by atoms with Crippen LogP contribution < -0.4 is 0 Å². The highest BCUT2D eigenvalue weighted by atomic mass is 15.1. The fourth-order valence-corrected chi connectivity index (χ4v) is 2.39. The van der Waals surface area contributed by atoms with Crippen molar-refractivity contribution in [2.24, 2.45) is 0 Å². The minimum absolute atomic E-state index is 0.983. The molecule has 0 amide bonds. The number of hydrogen-bond donors (Lipinski definition) is 1. The third kappa shape index (κ3) is 1.08. The van der Waals surface area contributed by atoms with Crippen LogP contribution in [0.3, 0.4) is 0 Å². The maximum Gasteiger partial charge on any atom is 0.143 e. The van der Waals surface area contributed by atoms with Crippen LogP contribution in [-0.2, 0) is 0 Å². The Morgan fingerprint density at radius 2 is 2.12 bits per heavy atom. The minimum atomic E-state index is 0.983. The largest absolute Gasteiger partial charge is 0.339 e. The number of hydrogen-bond acceptors (Lipinski definition) is 1. The molecule has 17 heavy (non-hydrogen) atoms. The van der Waals surface area contributed by atoms with Crippen LogP contribution >= 0.6 is 0 Å². The molecule has 82 valence electrons. The average Bonchev–Trinajstić information content (AvgIpc) is 2.85. The van der Waals surface area contributed by atoms with Gasteiger partial charge in [-0.15, -0.1) is 0 Å². The van der Waals surface area contributed by atoms with Crippen LogP contribution in [0, 0.1) is 6.92 Å². The van der Waals surface area contributed by atoms with Gasteiger partial charge < -0.3 is 4.98 Å². The van der Waals surface area contributed by atoms with Crippen molar-refractivity contribution in [3.8, 4) is 0 Å². The van der Waals surface area contributed by atoms with Crippen molar-refractivity contribution >= 4 is 27.7 Å². The zero-order valence-electron chi connectivity index (χ0n) is 9.44. The van der Waals surface area contributed by atoms with E-state index in [4.69, 9.17) is 0 Å². The molecule has 3 heteroatoms. The van der Waals surface area contributed by atoms with E-state index >= 15 is 0 Å². The molecule has 4 rings (SSSR count). The van der Waals surface area contributed by atoms with Crippen molar-refractivity contribution in [1.82, 2.24) is 14.4 Å². The fourth-order valence-electron chi connectivity index (χ4n) is 2.39. The second-order valence-corrected chi connectivity index (χ2v) is 4.41. The summed E-state index contributed by atoms with van der Waals surface area (Å²) in [4.78, 5) is 8.10. The predicted molar refractivity (Wildman–Crippen MR) is 69.3 cm³/mol. The summed E-state index contributed by atoms with van der Waals surface area (Å²) in [6.45, 7) is 2.11. The lowest BCUT2D eigenvalue weighted by molar-refractivity contribution is 1.20. The van der Waals surface area contributed by atoms with Crippen molar-refractivity contribution in [2.45, 2.75) is 6.92 Å². The molecule has 1 N–H and O–H groups in total.